The molecule has 0 aromatic heterocycles. The highest BCUT2D eigenvalue weighted by atomic mass is 16.2. The molecule has 0 spiro atoms. The standard InChI is InChI=1S/C16H24N2O/c1-2-13-8-5-6-10-15(13)16(19)18-11-7-3-4-9-14(18)12-17/h5-6,8,10,14H,2-4,7,9,11-12,17H2,1H3. The van der Waals surface area contributed by atoms with Crippen molar-refractivity contribution >= 4 is 5.91 Å². The van der Waals surface area contributed by atoms with Crippen LogP contribution in [0.25, 0.3) is 0 Å². The number of nitrogens with zero attached hydrogens (tertiary/aromatic N) is 1. The Morgan fingerprint density at radius 2 is 2.11 bits per heavy atom. The number of carbonyl (C=O) groups is 1. The average molecular weight is 260 g/mol. The molecular formula is C16H24N2O. The number of carbonyl (C=O) groups excluding carboxylic acids is 1. The first-order valence-corrected chi connectivity index (χ1v) is 7.36. The van der Waals surface area contributed by atoms with Crippen LogP contribution in [0.3, 0.4) is 0 Å². The van der Waals surface area contributed by atoms with Crippen LogP contribution in [0.5, 0.6) is 0 Å². The van der Waals surface area contributed by atoms with Gasteiger partial charge in [-0.25, -0.2) is 0 Å². The Bertz CT molecular complexity index is 431. The Hall–Kier alpha value is -1.35. The highest BCUT2D eigenvalue weighted by Crippen LogP contribution is 2.20. The van der Waals surface area contributed by atoms with E-state index in [0.29, 0.717) is 6.54 Å². The predicted molar refractivity (Wildman–Crippen MR) is 78.2 cm³/mol. The number of benzene rings is 1. The maximum Gasteiger partial charge on any atom is 0.254 e. The van der Waals surface area contributed by atoms with E-state index in [-0.39, 0.29) is 11.9 Å². The van der Waals surface area contributed by atoms with Crippen LogP contribution < -0.4 is 5.73 Å². The maximum absolute atomic E-state index is 12.8. The SMILES string of the molecule is CCc1ccccc1C(=O)N1CCCCCC1CN. The lowest BCUT2D eigenvalue weighted by molar-refractivity contribution is 0.0688. The van der Waals surface area contributed by atoms with Crippen LogP contribution in [0.15, 0.2) is 24.3 Å². The molecule has 1 amide bonds. The first kappa shape index (κ1) is 14.1. The molecule has 3 heteroatoms. The average Bonchev–Trinajstić information content (AvgIpc) is 2.71. The molecule has 1 aromatic rings. The van der Waals surface area contributed by atoms with Crippen LogP contribution in [0.1, 0.15) is 48.5 Å². The molecule has 1 aromatic carbocycles. The summed E-state index contributed by atoms with van der Waals surface area (Å²) in [4.78, 5) is 14.8. The Balaban J connectivity index is 2.25. The van der Waals surface area contributed by atoms with Crippen molar-refractivity contribution < 1.29 is 4.79 Å². The molecular weight excluding hydrogens is 236 g/mol. The Kier molecular flexibility index (Phi) is 4.97. The first-order chi connectivity index (χ1) is 9.27. The summed E-state index contributed by atoms with van der Waals surface area (Å²) < 4.78 is 0. The van der Waals surface area contributed by atoms with E-state index in [1.54, 1.807) is 0 Å². The number of nitrogens with two attached hydrogens (primary N) is 1. The molecule has 1 aliphatic heterocycles. The van der Waals surface area contributed by atoms with Crippen LogP contribution in [-0.4, -0.2) is 29.9 Å². The minimum Gasteiger partial charge on any atom is -0.334 e. The summed E-state index contributed by atoms with van der Waals surface area (Å²) in [5.74, 6) is 0.162. The van der Waals surface area contributed by atoms with Crippen molar-refractivity contribution in [1.82, 2.24) is 4.90 Å². The van der Waals surface area contributed by atoms with E-state index >= 15 is 0 Å². The second-order valence-corrected chi connectivity index (χ2v) is 5.25. The number of hydrogen-bond acceptors (Lipinski definition) is 2. The van der Waals surface area contributed by atoms with Crippen molar-refractivity contribution in [3.63, 3.8) is 0 Å². The summed E-state index contributed by atoms with van der Waals surface area (Å²) in [6.45, 7) is 3.51. The normalized spacial score (nSPS) is 20.1. The van der Waals surface area contributed by atoms with Gasteiger partial charge in [-0.2, -0.15) is 0 Å². The molecule has 0 aliphatic carbocycles. The Morgan fingerprint density at radius 1 is 1.32 bits per heavy atom. The van der Waals surface area contributed by atoms with Gasteiger partial charge in [-0.15, -0.1) is 0 Å². The number of hydrogen-bond donors (Lipinski definition) is 1. The van der Waals surface area contributed by atoms with Gasteiger partial charge in [-0.05, 0) is 30.9 Å². The molecule has 1 saturated heterocycles. The van der Waals surface area contributed by atoms with Crippen molar-refractivity contribution in [1.29, 1.82) is 0 Å². The van der Waals surface area contributed by atoms with Crippen molar-refractivity contribution in [2.45, 2.75) is 45.1 Å². The van der Waals surface area contributed by atoms with Gasteiger partial charge in [-0.1, -0.05) is 38.0 Å². The summed E-state index contributed by atoms with van der Waals surface area (Å²) in [5.41, 5.74) is 7.84. The molecule has 1 atom stereocenters. The number of amides is 1. The lowest BCUT2D eigenvalue weighted by Crippen LogP contribution is -2.44. The van der Waals surface area contributed by atoms with Gasteiger partial charge in [0.15, 0.2) is 0 Å². The van der Waals surface area contributed by atoms with Gasteiger partial charge in [0.2, 0.25) is 0 Å². The second-order valence-electron chi connectivity index (χ2n) is 5.25. The molecule has 0 bridgehead atoms. The summed E-state index contributed by atoms with van der Waals surface area (Å²) in [5, 5.41) is 0. The summed E-state index contributed by atoms with van der Waals surface area (Å²) in [6.07, 6.45) is 5.41. The fraction of sp³-hybridized carbons (Fsp3) is 0.562. The lowest BCUT2D eigenvalue weighted by atomic mass is 10.0. The van der Waals surface area contributed by atoms with E-state index in [9.17, 15) is 4.79 Å². The Morgan fingerprint density at radius 3 is 2.84 bits per heavy atom. The van der Waals surface area contributed by atoms with Crippen LogP contribution >= 0.6 is 0 Å². The van der Waals surface area contributed by atoms with Gasteiger partial charge < -0.3 is 10.6 Å². The number of rotatable bonds is 3. The van der Waals surface area contributed by atoms with Crippen LogP contribution in [-0.2, 0) is 6.42 Å². The largest absolute Gasteiger partial charge is 0.334 e. The third-order valence-corrected chi connectivity index (χ3v) is 4.04. The summed E-state index contributed by atoms with van der Waals surface area (Å²) in [6, 6.07) is 8.14. The van der Waals surface area contributed by atoms with Gasteiger partial charge in [0.25, 0.3) is 5.91 Å². The molecule has 2 N–H and O–H groups in total. The summed E-state index contributed by atoms with van der Waals surface area (Å²) in [7, 11) is 0. The highest BCUT2D eigenvalue weighted by Gasteiger charge is 2.26. The van der Waals surface area contributed by atoms with Crippen LogP contribution in [0.4, 0.5) is 0 Å². The van der Waals surface area contributed by atoms with Gasteiger partial charge in [0.05, 0.1) is 0 Å². The highest BCUT2D eigenvalue weighted by molar-refractivity contribution is 5.96. The number of likely N-dealkylation sites (tertiary alicyclic amines) is 1. The minimum atomic E-state index is 0.162. The Labute approximate surface area is 115 Å². The summed E-state index contributed by atoms with van der Waals surface area (Å²) >= 11 is 0. The first-order valence-electron chi connectivity index (χ1n) is 7.36. The lowest BCUT2D eigenvalue weighted by Gasteiger charge is -2.29. The van der Waals surface area contributed by atoms with E-state index in [4.69, 9.17) is 5.73 Å². The number of aryl methyl sites for hydroxylation is 1. The fourth-order valence-electron chi connectivity index (χ4n) is 2.88. The quantitative estimate of drug-likeness (QED) is 0.908. The molecule has 0 radical (unpaired) electrons. The van der Waals surface area contributed by atoms with E-state index < -0.39 is 0 Å². The smallest absolute Gasteiger partial charge is 0.254 e. The molecule has 1 fully saturated rings. The van der Waals surface area contributed by atoms with E-state index in [2.05, 4.69) is 6.92 Å². The predicted octanol–water partition coefficient (Wildman–Crippen LogP) is 2.59. The van der Waals surface area contributed by atoms with Gasteiger partial charge >= 0.3 is 0 Å². The molecule has 1 aliphatic rings. The molecule has 0 saturated carbocycles. The molecule has 1 unspecified atom stereocenters. The monoisotopic (exact) mass is 260 g/mol. The van der Waals surface area contributed by atoms with Gasteiger partial charge in [0.1, 0.15) is 0 Å². The zero-order chi connectivity index (χ0) is 13.7. The van der Waals surface area contributed by atoms with Crippen molar-refractivity contribution in [2.75, 3.05) is 13.1 Å². The molecule has 104 valence electrons. The second kappa shape index (κ2) is 6.71. The fourth-order valence-corrected chi connectivity index (χ4v) is 2.88. The van der Waals surface area contributed by atoms with Crippen molar-refractivity contribution in [3.05, 3.63) is 35.4 Å². The third-order valence-electron chi connectivity index (χ3n) is 4.04. The van der Waals surface area contributed by atoms with E-state index in [0.717, 1.165) is 36.9 Å². The van der Waals surface area contributed by atoms with E-state index in [1.807, 2.05) is 29.2 Å². The third kappa shape index (κ3) is 3.16. The maximum atomic E-state index is 12.8. The van der Waals surface area contributed by atoms with Crippen molar-refractivity contribution in [2.24, 2.45) is 5.73 Å². The van der Waals surface area contributed by atoms with Gasteiger partial charge in [0, 0.05) is 24.7 Å². The zero-order valence-corrected chi connectivity index (χ0v) is 11.8. The van der Waals surface area contributed by atoms with Gasteiger partial charge in [-0.3, -0.25) is 4.79 Å². The molecule has 3 nitrogen and oxygen atoms in total. The molecule has 2 rings (SSSR count). The van der Waals surface area contributed by atoms with Crippen LogP contribution in [0, 0.1) is 0 Å². The molecule has 1 heterocycles. The zero-order valence-electron chi connectivity index (χ0n) is 11.8. The van der Waals surface area contributed by atoms with E-state index in [1.165, 1.54) is 12.8 Å². The minimum absolute atomic E-state index is 0.162. The van der Waals surface area contributed by atoms with Crippen LogP contribution in [0.2, 0.25) is 0 Å². The topological polar surface area (TPSA) is 46.3 Å². The van der Waals surface area contributed by atoms with Crippen molar-refractivity contribution in [3.8, 4) is 0 Å². The molecule has 19 heavy (non-hydrogen) atoms.